The van der Waals surface area contributed by atoms with Crippen molar-refractivity contribution in [3.63, 3.8) is 0 Å². The highest BCUT2D eigenvalue weighted by atomic mass is 16.7. The van der Waals surface area contributed by atoms with E-state index in [1.807, 2.05) is 17.0 Å². The van der Waals surface area contributed by atoms with E-state index in [-0.39, 0.29) is 25.2 Å². The van der Waals surface area contributed by atoms with Crippen molar-refractivity contribution in [2.75, 3.05) is 30.5 Å². The molecule has 2 amide bonds. The van der Waals surface area contributed by atoms with Gasteiger partial charge in [-0.1, -0.05) is 30.3 Å². The SMILES string of the molecule is C=CCN(CC(=O)Nc1ccccc1C(=O)Nc1ccc2c(c1)OCO2)Cc1cccc(C#N)c1. The Bertz CT molecular complexity index is 1300. The molecule has 0 atom stereocenters. The fourth-order valence-electron chi connectivity index (χ4n) is 3.72. The normalized spacial score (nSPS) is 11.5. The number of nitriles is 1. The van der Waals surface area contributed by atoms with Crippen molar-refractivity contribution in [1.82, 2.24) is 4.90 Å². The van der Waals surface area contributed by atoms with Gasteiger partial charge in [0.05, 0.1) is 29.4 Å². The molecular weight excluding hydrogens is 444 g/mol. The molecule has 1 aliphatic rings. The van der Waals surface area contributed by atoms with E-state index in [1.54, 1.807) is 60.7 Å². The van der Waals surface area contributed by atoms with E-state index in [2.05, 4.69) is 23.3 Å². The predicted octanol–water partition coefficient (Wildman–Crippen LogP) is 4.17. The summed E-state index contributed by atoms with van der Waals surface area (Å²) in [6.07, 6.45) is 1.72. The fraction of sp³-hybridized carbons (Fsp3) is 0.148. The molecule has 0 saturated heterocycles. The number of fused-ring (bicyclic) bond motifs is 1. The molecule has 0 unspecified atom stereocenters. The van der Waals surface area contributed by atoms with Crippen molar-refractivity contribution in [2.45, 2.75) is 6.54 Å². The first-order valence-electron chi connectivity index (χ1n) is 11.0. The third kappa shape index (κ3) is 6.05. The van der Waals surface area contributed by atoms with Crippen molar-refractivity contribution < 1.29 is 19.1 Å². The van der Waals surface area contributed by atoms with Crippen LogP contribution in [-0.4, -0.2) is 36.6 Å². The number of carbonyl (C=O) groups is 2. The quantitative estimate of drug-likeness (QED) is 0.457. The number of anilines is 2. The molecule has 8 heteroatoms. The minimum Gasteiger partial charge on any atom is -0.454 e. The van der Waals surface area contributed by atoms with E-state index in [0.29, 0.717) is 47.1 Å². The Balaban J connectivity index is 1.42. The standard InChI is InChI=1S/C27H24N4O4/c1-2-12-31(16-20-7-5-6-19(13-20)15-28)17-26(32)30-23-9-4-3-8-22(23)27(33)29-21-10-11-24-25(14-21)35-18-34-24/h2-11,13-14H,1,12,16-18H2,(H,29,33)(H,30,32). The molecule has 0 aliphatic carbocycles. The van der Waals surface area contributed by atoms with Crippen molar-refractivity contribution in [2.24, 2.45) is 0 Å². The van der Waals surface area contributed by atoms with Gasteiger partial charge in [-0.2, -0.15) is 5.26 Å². The van der Waals surface area contributed by atoms with Crippen molar-refractivity contribution >= 4 is 23.2 Å². The maximum atomic E-state index is 13.0. The van der Waals surface area contributed by atoms with Crippen LogP contribution < -0.4 is 20.1 Å². The first-order valence-corrected chi connectivity index (χ1v) is 11.0. The van der Waals surface area contributed by atoms with Crippen LogP contribution in [0.1, 0.15) is 21.5 Å². The predicted molar refractivity (Wildman–Crippen MR) is 132 cm³/mol. The molecule has 0 radical (unpaired) electrons. The summed E-state index contributed by atoms with van der Waals surface area (Å²) in [4.78, 5) is 27.7. The third-order valence-electron chi connectivity index (χ3n) is 5.29. The van der Waals surface area contributed by atoms with Crippen LogP contribution in [0.5, 0.6) is 11.5 Å². The Morgan fingerprint density at radius 3 is 2.69 bits per heavy atom. The maximum absolute atomic E-state index is 13.0. The van der Waals surface area contributed by atoms with Gasteiger partial charge in [-0.15, -0.1) is 6.58 Å². The lowest BCUT2D eigenvalue weighted by molar-refractivity contribution is -0.117. The topological polar surface area (TPSA) is 104 Å². The minimum atomic E-state index is -0.365. The highest BCUT2D eigenvalue weighted by molar-refractivity contribution is 6.10. The summed E-state index contributed by atoms with van der Waals surface area (Å²) in [5, 5.41) is 14.8. The molecule has 3 aromatic rings. The molecule has 35 heavy (non-hydrogen) atoms. The molecule has 8 nitrogen and oxygen atoms in total. The largest absolute Gasteiger partial charge is 0.454 e. The molecule has 2 N–H and O–H groups in total. The van der Waals surface area contributed by atoms with Crippen molar-refractivity contribution in [3.8, 4) is 17.6 Å². The number of benzene rings is 3. The lowest BCUT2D eigenvalue weighted by Crippen LogP contribution is -2.33. The zero-order valence-electron chi connectivity index (χ0n) is 19.0. The molecule has 0 spiro atoms. The summed E-state index contributed by atoms with van der Waals surface area (Å²) >= 11 is 0. The average molecular weight is 469 g/mol. The van der Waals surface area contributed by atoms with E-state index in [9.17, 15) is 9.59 Å². The number of hydrogen-bond donors (Lipinski definition) is 2. The first-order chi connectivity index (χ1) is 17.1. The van der Waals surface area contributed by atoms with Gasteiger partial charge in [0, 0.05) is 24.8 Å². The van der Waals surface area contributed by atoms with Crippen LogP contribution in [0, 0.1) is 11.3 Å². The lowest BCUT2D eigenvalue weighted by Gasteiger charge is -2.21. The number of ether oxygens (including phenoxy) is 2. The number of nitrogens with zero attached hydrogens (tertiary/aromatic N) is 2. The smallest absolute Gasteiger partial charge is 0.257 e. The number of nitrogens with one attached hydrogen (secondary N) is 2. The van der Waals surface area contributed by atoms with Crippen LogP contribution in [0.15, 0.2) is 79.4 Å². The van der Waals surface area contributed by atoms with E-state index >= 15 is 0 Å². The summed E-state index contributed by atoms with van der Waals surface area (Å²) in [6, 6.07) is 21.3. The van der Waals surface area contributed by atoms with Crippen molar-refractivity contribution in [1.29, 1.82) is 5.26 Å². The molecule has 1 heterocycles. The highest BCUT2D eigenvalue weighted by Crippen LogP contribution is 2.34. The summed E-state index contributed by atoms with van der Waals surface area (Å²) < 4.78 is 10.7. The van der Waals surface area contributed by atoms with Crippen LogP contribution in [0.3, 0.4) is 0 Å². The van der Waals surface area contributed by atoms with E-state index in [1.165, 1.54) is 0 Å². The fourth-order valence-corrected chi connectivity index (χ4v) is 3.72. The van der Waals surface area contributed by atoms with Gasteiger partial charge in [0.15, 0.2) is 11.5 Å². The van der Waals surface area contributed by atoms with E-state index < -0.39 is 0 Å². The van der Waals surface area contributed by atoms with Gasteiger partial charge >= 0.3 is 0 Å². The third-order valence-corrected chi connectivity index (χ3v) is 5.29. The first kappa shape index (κ1) is 23.5. The van der Waals surface area contributed by atoms with Crippen LogP contribution in [0.25, 0.3) is 0 Å². The number of amides is 2. The van der Waals surface area contributed by atoms with Gasteiger partial charge in [-0.3, -0.25) is 14.5 Å². The van der Waals surface area contributed by atoms with Gasteiger partial charge in [0.2, 0.25) is 12.7 Å². The summed E-state index contributed by atoms with van der Waals surface area (Å²) in [6.45, 7) is 4.96. The molecule has 1 aliphatic heterocycles. The zero-order chi connectivity index (χ0) is 24.6. The molecule has 3 aromatic carbocycles. The molecule has 176 valence electrons. The molecule has 0 saturated carbocycles. The Labute approximate surface area is 203 Å². The second-order valence-electron chi connectivity index (χ2n) is 7.89. The van der Waals surface area contributed by atoms with E-state index in [0.717, 1.165) is 5.56 Å². The number of carbonyl (C=O) groups excluding carboxylic acids is 2. The summed E-state index contributed by atoms with van der Waals surface area (Å²) in [5.41, 5.74) is 2.77. The molecule has 4 rings (SSSR count). The monoisotopic (exact) mass is 468 g/mol. The van der Waals surface area contributed by atoms with Crippen molar-refractivity contribution in [3.05, 3.63) is 96.1 Å². The van der Waals surface area contributed by atoms with Gasteiger partial charge in [0.25, 0.3) is 5.91 Å². The molecule has 0 aromatic heterocycles. The number of hydrogen-bond acceptors (Lipinski definition) is 6. The number of rotatable bonds is 9. The summed E-state index contributed by atoms with van der Waals surface area (Å²) in [7, 11) is 0. The van der Waals surface area contributed by atoms with Crippen LogP contribution >= 0.6 is 0 Å². The van der Waals surface area contributed by atoms with Crippen LogP contribution in [-0.2, 0) is 11.3 Å². The van der Waals surface area contributed by atoms with E-state index in [4.69, 9.17) is 14.7 Å². The minimum absolute atomic E-state index is 0.0842. The van der Waals surface area contributed by atoms with Gasteiger partial charge in [-0.25, -0.2) is 0 Å². The van der Waals surface area contributed by atoms with Gasteiger partial charge in [0.1, 0.15) is 0 Å². The van der Waals surface area contributed by atoms with Crippen LogP contribution in [0.2, 0.25) is 0 Å². The highest BCUT2D eigenvalue weighted by Gasteiger charge is 2.18. The molecule has 0 fully saturated rings. The maximum Gasteiger partial charge on any atom is 0.257 e. The Morgan fingerprint density at radius 2 is 1.86 bits per heavy atom. The van der Waals surface area contributed by atoms with Gasteiger partial charge < -0.3 is 20.1 Å². The summed E-state index contributed by atoms with van der Waals surface area (Å²) in [5.74, 6) is 0.550. The zero-order valence-corrected chi connectivity index (χ0v) is 19.0. The second kappa shape index (κ2) is 11.0. The Hall–Kier alpha value is -4.61. The number of para-hydroxylation sites is 1. The Morgan fingerprint density at radius 1 is 1.03 bits per heavy atom. The second-order valence-corrected chi connectivity index (χ2v) is 7.89. The van der Waals surface area contributed by atoms with Crippen LogP contribution in [0.4, 0.5) is 11.4 Å². The molecule has 0 bridgehead atoms. The lowest BCUT2D eigenvalue weighted by atomic mass is 10.1. The Kier molecular flexibility index (Phi) is 7.40. The molecular formula is C27H24N4O4. The van der Waals surface area contributed by atoms with Gasteiger partial charge in [-0.05, 0) is 42.0 Å². The average Bonchev–Trinajstić information content (AvgIpc) is 3.32.